The van der Waals surface area contributed by atoms with E-state index in [1.54, 1.807) is 30.3 Å². The molecule has 31 heavy (non-hydrogen) atoms. The molecular formula is C20H20N6O5. The summed E-state index contributed by atoms with van der Waals surface area (Å²) in [5.74, 6) is 0.516. The van der Waals surface area contributed by atoms with E-state index in [0.29, 0.717) is 49.3 Å². The molecule has 1 fully saturated rings. The van der Waals surface area contributed by atoms with Crippen LogP contribution in [0, 0.1) is 0 Å². The number of rotatable bonds is 7. The summed E-state index contributed by atoms with van der Waals surface area (Å²) >= 11 is 0. The summed E-state index contributed by atoms with van der Waals surface area (Å²) in [4.78, 5) is 26.2. The van der Waals surface area contributed by atoms with Gasteiger partial charge >= 0.3 is 12.0 Å². The molecule has 4 rings (SSSR count). The number of hydrogen-bond donors (Lipinski definition) is 2. The lowest BCUT2D eigenvalue weighted by atomic mass is 10.1. The first-order valence-corrected chi connectivity index (χ1v) is 9.48. The van der Waals surface area contributed by atoms with Crippen molar-refractivity contribution in [2.24, 2.45) is 5.10 Å². The van der Waals surface area contributed by atoms with Crippen molar-refractivity contribution in [3.63, 3.8) is 0 Å². The summed E-state index contributed by atoms with van der Waals surface area (Å²) in [5, 5.41) is 13.4. The number of benzene rings is 1. The largest absolute Gasteiger partial charge is 0.478 e. The van der Waals surface area contributed by atoms with Crippen molar-refractivity contribution in [3.05, 3.63) is 47.7 Å². The van der Waals surface area contributed by atoms with E-state index in [9.17, 15) is 9.90 Å². The number of carboxylic acid groups (broad SMARTS) is 1. The van der Waals surface area contributed by atoms with Crippen molar-refractivity contribution >= 4 is 24.1 Å². The van der Waals surface area contributed by atoms with Crippen molar-refractivity contribution in [1.29, 1.82) is 0 Å². The summed E-state index contributed by atoms with van der Waals surface area (Å²) in [5.41, 5.74) is 3.39. The number of ether oxygens (including phenoxy) is 2. The Kier molecular flexibility index (Phi) is 6.03. The van der Waals surface area contributed by atoms with E-state index in [-0.39, 0.29) is 17.5 Å². The molecular weight excluding hydrogens is 404 g/mol. The quantitative estimate of drug-likeness (QED) is 0.429. The van der Waals surface area contributed by atoms with Crippen LogP contribution < -0.4 is 15.1 Å². The fourth-order valence-electron chi connectivity index (χ4n) is 3.00. The Morgan fingerprint density at radius 2 is 2.00 bits per heavy atom. The second-order valence-electron chi connectivity index (χ2n) is 6.47. The molecule has 0 radical (unpaired) electrons. The molecule has 0 spiro atoms. The van der Waals surface area contributed by atoms with Gasteiger partial charge in [-0.2, -0.15) is 20.1 Å². The predicted octanol–water partition coefficient (Wildman–Crippen LogP) is 2.12. The van der Waals surface area contributed by atoms with Gasteiger partial charge in [0.2, 0.25) is 5.95 Å². The molecule has 1 aliphatic heterocycles. The number of anilines is 2. The van der Waals surface area contributed by atoms with Crippen LogP contribution in [0.25, 0.3) is 11.3 Å². The number of hydrogen-bond acceptors (Lipinski definition) is 10. The number of hydrazone groups is 1. The summed E-state index contributed by atoms with van der Waals surface area (Å²) in [7, 11) is 1.48. The molecule has 0 atom stereocenters. The van der Waals surface area contributed by atoms with Gasteiger partial charge in [-0.15, -0.1) is 0 Å². The van der Waals surface area contributed by atoms with Crippen LogP contribution in [0.3, 0.4) is 0 Å². The second kappa shape index (κ2) is 9.22. The van der Waals surface area contributed by atoms with Crippen LogP contribution in [0.1, 0.15) is 16.1 Å². The Balaban J connectivity index is 1.49. The van der Waals surface area contributed by atoms with Gasteiger partial charge in [-0.05, 0) is 18.2 Å². The van der Waals surface area contributed by atoms with Gasteiger partial charge < -0.3 is 23.9 Å². The predicted molar refractivity (Wildman–Crippen MR) is 112 cm³/mol. The molecule has 0 bridgehead atoms. The van der Waals surface area contributed by atoms with E-state index in [4.69, 9.17) is 13.9 Å². The van der Waals surface area contributed by atoms with Crippen LogP contribution >= 0.6 is 0 Å². The topological polar surface area (TPSA) is 135 Å². The highest BCUT2D eigenvalue weighted by atomic mass is 16.5. The van der Waals surface area contributed by atoms with Gasteiger partial charge in [0, 0.05) is 18.7 Å². The number of nitrogens with zero attached hydrogens (tertiary/aromatic N) is 5. The Labute approximate surface area is 177 Å². The fraction of sp³-hybridized carbons (Fsp3) is 0.250. The third kappa shape index (κ3) is 4.78. The Morgan fingerprint density at radius 3 is 2.77 bits per heavy atom. The average Bonchev–Trinajstić information content (AvgIpc) is 3.28. The highest BCUT2D eigenvalue weighted by Gasteiger charge is 2.17. The first-order chi connectivity index (χ1) is 15.1. The third-order valence-corrected chi connectivity index (χ3v) is 4.49. The number of methoxy groups -OCH3 is 1. The van der Waals surface area contributed by atoms with Gasteiger partial charge in [0.15, 0.2) is 0 Å². The molecule has 3 heterocycles. The molecule has 0 saturated carbocycles. The monoisotopic (exact) mass is 424 g/mol. The minimum atomic E-state index is -1.02. The zero-order valence-electron chi connectivity index (χ0n) is 16.7. The lowest BCUT2D eigenvalue weighted by molar-refractivity contribution is 0.0697. The minimum Gasteiger partial charge on any atom is -0.478 e. The van der Waals surface area contributed by atoms with E-state index in [1.807, 2.05) is 4.90 Å². The van der Waals surface area contributed by atoms with E-state index in [2.05, 4.69) is 25.5 Å². The van der Waals surface area contributed by atoms with Crippen LogP contribution in [0.4, 0.5) is 11.9 Å². The van der Waals surface area contributed by atoms with Gasteiger partial charge in [0.25, 0.3) is 5.95 Å². The van der Waals surface area contributed by atoms with Crippen molar-refractivity contribution in [2.75, 3.05) is 43.7 Å². The normalized spacial score (nSPS) is 14.0. The maximum absolute atomic E-state index is 11.4. The van der Waals surface area contributed by atoms with Crippen molar-refractivity contribution in [2.45, 2.75) is 0 Å². The molecule has 160 valence electrons. The lowest BCUT2D eigenvalue weighted by Gasteiger charge is -2.26. The Hall–Kier alpha value is -3.99. The van der Waals surface area contributed by atoms with E-state index >= 15 is 0 Å². The van der Waals surface area contributed by atoms with Crippen LogP contribution in [-0.4, -0.2) is 65.7 Å². The van der Waals surface area contributed by atoms with Gasteiger partial charge in [-0.25, -0.2) is 10.2 Å². The average molecular weight is 424 g/mol. The van der Waals surface area contributed by atoms with Crippen LogP contribution in [0.5, 0.6) is 6.01 Å². The molecule has 1 aliphatic rings. The molecule has 0 amide bonds. The van der Waals surface area contributed by atoms with E-state index in [1.165, 1.54) is 19.4 Å². The molecule has 0 aliphatic carbocycles. The molecule has 0 unspecified atom stereocenters. The van der Waals surface area contributed by atoms with Crippen LogP contribution in [0.2, 0.25) is 0 Å². The standard InChI is InChI=1S/C20H20N6O5/c1-29-20-23-18(22-19(24-20)26-8-10-30-11-9-26)25-21-12-13-6-7-16(31-13)14-4-2-3-5-15(14)17(27)28/h2-7,12H,8-11H2,1H3,(H,27,28)(H,22,23,24,25)/b21-12-. The first kappa shape index (κ1) is 20.3. The molecule has 11 heteroatoms. The smallest absolute Gasteiger partial charge is 0.336 e. The van der Waals surface area contributed by atoms with Crippen LogP contribution in [0.15, 0.2) is 45.9 Å². The SMILES string of the molecule is COc1nc(N/N=C\c2ccc(-c3ccccc3C(=O)O)o2)nc(N2CCOCC2)n1. The molecule has 1 saturated heterocycles. The number of aromatic carboxylic acids is 1. The van der Waals surface area contributed by atoms with Crippen molar-refractivity contribution in [1.82, 2.24) is 15.0 Å². The molecule has 3 aromatic rings. The summed E-state index contributed by atoms with van der Waals surface area (Å²) in [6.45, 7) is 2.53. The number of nitrogens with one attached hydrogen (secondary N) is 1. The molecule has 2 N–H and O–H groups in total. The highest BCUT2D eigenvalue weighted by molar-refractivity contribution is 5.95. The number of furan rings is 1. The van der Waals surface area contributed by atoms with Gasteiger partial charge in [0.05, 0.1) is 32.1 Å². The Morgan fingerprint density at radius 1 is 1.19 bits per heavy atom. The molecule has 11 nitrogen and oxygen atoms in total. The minimum absolute atomic E-state index is 0.159. The second-order valence-corrected chi connectivity index (χ2v) is 6.47. The summed E-state index contributed by atoms with van der Waals surface area (Å²) in [6.07, 6.45) is 1.44. The number of aromatic nitrogens is 3. The lowest BCUT2D eigenvalue weighted by Crippen LogP contribution is -2.37. The van der Waals surface area contributed by atoms with E-state index in [0.717, 1.165) is 0 Å². The Bertz CT molecular complexity index is 1090. The molecule has 1 aromatic carbocycles. The number of carbonyl (C=O) groups is 1. The first-order valence-electron chi connectivity index (χ1n) is 9.48. The molecule has 2 aromatic heterocycles. The zero-order valence-corrected chi connectivity index (χ0v) is 16.7. The van der Waals surface area contributed by atoms with Crippen molar-refractivity contribution in [3.8, 4) is 17.3 Å². The van der Waals surface area contributed by atoms with Crippen molar-refractivity contribution < 1.29 is 23.8 Å². The maximum Gasteiger partial charge on any atom is 0.336 e. The van der Waals surface area contributed by atoms with Gasteiger partial charge in [-0.3, -0.25) is 0 Å². The highest BCUT2D eigenvalue weighted by Crippen LogP contribution is 2.25. The fourth-order valence-corrected chi connectivity index (χ4v) is 3.00. The van der Waals surface area contributed by atoms with Gasteiger partial charge in [-0.1, -0.05) is 18.2 Å². The maximum atomic E-state index is 11.4. The number of carboxylic acids is 1. The third-order valence-electron chi connectivity index (χ3n) is 4.49. The summed E-state index contributed by atoms with van der Waals surface area (Å²) in [6, 6.07) is 10.2. The zero-order chi connectivity index (χ0) is 21.6. The number of morpholine rings is 1. The van der Waals surface area contributed by atoms with Gasteiger partial charge in [0.1, 0.15) is 11.5 Å². The van der Waals surface area contributed by atoms with E-state index < -0.39 is 5.97 Å². The summed E-state index contributed by atoms with van der Waals surface area (Å²) < 4.78 is 16.2. The van der Waals surface area contributed by atoms with Crippen LogP contribution in [-0.2, 0) is 4.74 Å².